The Morgan fingerprint density at radius 1 is 1.33 bits per heavy atom. The quantitative estimate of drug-likeness (QED) is 0.901. The van der Waals surface area contributed by atoms with Crippen LogP contribution in [0, 0.1) is 5.41 Å². The molecule has 1 amide bonds. The topological polar surface area (TPSA) is 62.5 Å². The van der Waals surface area contributed by atoms with Crippen LogP contribution in [0.5, 0.6) is 0 Å². The first kappa shape index (κ1) is 17.2. The molecule has 1 unspecified atom stereocenters. The molecule has 0 radical (unpaired) electrons. The second-order valence-electron chi connectivity index (χ2n) is 7.53. The highest BCUT2D eigenvalue weighted by atomic mass is 16.2. The van der Waals surface area contributed by atoms with Crippen LogP contribution in [-0.2, 0) is 11.3 Å². The molecule has 0 saturated carbocycles. The molecule has 5 nitrogen and oxygen atoms in total. The molecule has 0 aromatic carbocycles. The first-order chi connectivity index (χ1) is 11.6. The lowest BCUT2D eigenvalue weighted by Gasteiger charge is -2.48. The van der Waals surface area contributed by atoms with Gasteiger partial charge in [0.1, 0.15) is 5.82 Å². The molecule has 1 spiro atoms. The number of carbonyl (C=O) groups is 1. The van der Waals surface area contributed by atoms with Crippen LogP contribution in [0.2, 0.25) is 0 Å². The maximum absolute atomic E-state index is 12.2. The number of nitrogens with two attached hydrogens (primary N) is 1. The van der Waals surface area contributed by atoms with Crippen LogP contribution in [0.3, 0.4) is 0 Å². The van der Waals surface area contributed by atoms with E-state index in [1.54, 1.807) is 6.20 Å². The highest BCUT2D eigenvalue weighted by molar-refractivity contribution is 5.77. The second kappa shape index (κ2) is 7.51. The van der Waals surface area contributed by atoms with Crippen LogP contribution < -0.4 is 5.73 Å². The van der Waals surface area contributed by atoms with Gasteiger partial charge in [-0.3, -0.25) is 9.69 Å². The molecule has 1 atom stereocenters. The summed E-state index contributed by atoms with van der Waals surface area (Å²) in [5, 5.41) is 0. The lowest BCUT2D eigenvalue weighted by atomic mass is 9.73. The van der Waals surface area contributed by atoms with Gasteiger partial charge in [0.2, 0.25) is 5.91 Å². The van der Waals surface area contributed by atoms with Crippen molar-refractivity contribution >= 4 is 11.7 Å². The Bertz CT molecular complexity index is 576. The predicted octanol–water partition coefficient (Wildman–Crippen LogP) is 2.67. The molecule has 2 aliphatic heterocycles. The summed E-state index contributed by atoms with van der Waals surface area (Å²) in [6, 6.07) is 4.03. The zero-order chi connectivity index (χ0) is 17.0. The lowest BCUT2D eigenvalue weighted by Crippen LogP contribution is -2.54. The molecular weight excluding hydrogens is 300 g/mol. The Balaban J connectivity index is 1.65. The standard InChI is InChI=1S/C19H30N4O/c1-2-3-12-23-15-19(9-7-17(23)24)8-5-11-22(14-19)13-16-6-4-10-21-18(16)20/h4,6,10H,2-3,5,7-9,11-15H2,1H3,(H2,20,21). The number of likely N-dealkylation sites (tertiary alicyclic amines) is 2. The van der Waals surface area contributed by atoms with Gasteiger partial charge in [-0.25, -0.2) is 4.98 Å². The second-order valence-corrected chi connectivity index (χ2v) is 7.53. The molecule has 1 aromatic rings. The van der Waals surface area contributed by atoms with Crippen LogP contribution in [0.15, 0.2) is 18.3 Å². The third-order valence-electron chi connectivity index (χ3n) is 5.59. The van der Waals surface area contributed by atoms with Gasteiger partial charge in [-0.1, -0.05) is 19.4 Å². The fourth-order valence-electron chi connectivity index (χ4n) is 4.26. The van der Waals surface area contributed by atoms with E-state index in [0.717, 1.165) is 57.5 Å². The number of rotatable bonds is 5. The molecule has 3 rings (SSSR count). The van der Waals surface area contributed by atoms with Gasteiger partial charge in [0.25, 0.3) is 0 Å². The summed E-state index contributed by atoms with van der Waals surface area (Å²) in [7, 11) is 0. The Hall–Kier alpha value is -1.62. The maximum atomic E-state index is 12.2. The number of amides is 1. The summed E-state index contributed by atoms with van der Waals surface area (Å²) in [6.07, 6.45) is 8.19. The van der Waals surface area contributed by atoms with Gasteiger partial charge in [-0.2, -0.15) is 0 Å². The van der Waals surface area contributed by atoms with E-state index in [1.165, 1.54) is 12.8 Å². The van der Waals surface area contributed by atoms with Gasteiger partial charge in [0, 0.05) is 49.8 Å². The summed E-state index contributed by atoms with van der Waals surface area (Å²) < 4.78 is 0. The fraction of sp³-hybridized carbons (Fsp3) is 0.684. The minimum atomic E-state index is 0.275. The SMILES string of the molecule is CCCCN1CC2(CCCN(Cc3cccnc3N)C2)CCC1=O. The zero-order valence-electron chi connectivity index (χ0n) is 14.8. The number of hydrogen-bond acceptors (Lipinski definition) is 4. The number of carbonyl (C=O) groups excluding carboxylic acids is 1. The number of nitrogens with zero attached hydrogens (tertiary/aromatic N) is 3. The molecule has 2 saturated heterocycles. The van der Waals surface area contributed by atoms with E-state index in [1.807, 2.05) is 6.07 Å². The summed E-state index contributed by atoms with van der Waals surface area (Å²) in [5.41, 5.74) is 7.40. The van der Waals surface area contributed by atoms with Crippen molar-refractivity contribution in [3.05, 3.63) is 23.9 Å². The van der Waals surface area contributed by atoms with Gasteiger partial charge >= 0.3 is 0 Å². The normalized spacial score (nSPS) is 25.4. The van der Waals surface area contributed by atoms with Crippen molar-refractivity contribution in [1.29, 1.82) is 0 Å². The van der Waals surface area contributed by atoms with Crippen LogP contribution in [0.25, 0.3) is 0 Å². The summed E-state index contributed by atoms with van der Waals surface area (Å²) in [6.45, 7) is 7.09. The fourth-order valence-corrected chi connectivity index (χ4v) is 4.26. The number of pyridine rings is 1. The van der Waals surface area contributed by atoms with E-state index < -0.39 is 0 Å². The average molecular weight is 330 g/mol. The van der Waals surface area contributed by atoms with Crippen molar-refractivity contribution in [2.24, 2.45) is 5.41 Å². The first-order valence-electron chi connectivity index (χ1n) is 9.31. The summed E-state index contributed by atoms with van der Waals surface area (Å²) in [4.78, 5) is 21.1. The molecule has 132 valence electrons. The number of aromatic nitrogens is 1. The molecule has 0 bridgehead atoms. The van der Waals surface area contributed by atoms with Gasteiger partial charge in [0.05, 0.1) is 0 Å². The zero-order valence-corrected chi connectivity index (χ0v) is 14.8. The number of hydrogen-bond donors (Lipinski definition) is 1. The lowest BCUT2D eigenvalue weighted by molar-refractivity contribution is -0.139. The minimum absolute atomic E-state index is 0.275. The van der Waals surface area contributed by atoms with Crippen LogP contribution in [-0.4, -0.2) is 46.9 Å². The average Bonchev–Trinajstić information content (AvgIpc) is 2.58. The van der Waals surface area contributed by atoms with Crippen molar-refractivity contribution in [2.75, 3.05) is 31.9 Å². The van der Waals surface area contributed by atoms with Crippen LogP contribution >= 0.6 is 0 Å². The van der Waals surface area contributed by atoms with E-state index in [0.29, 0.717) is 18.1 Å². The van der Waals surface area contributed by atoms with Crippen molar-refractivity contribution < 1.29 is 4.79 Å². The Labute approximate surface area is 145 Å². The van der Waals surface area contributed by atoms with Crippen molar-refractivity contribution in [2.45, 2.75) is 52.0 Å². The Morgan fingerprint density at radius 2 is 2.21 bits per heavy atom. The van der Waals surface area contributed by atoms with Gasteiger partial charge < -0.3 is 10.6 Å². The molecule has 0 aliphatic carbocycles. The first-order valence-corrected chi connectivity index (χ1v) is 9.31. The largest absolute Gasteiger partial charge is 0.383 e. The van der Waals surface area contributed by atoms with Crippen molar-refractivity contribution in [3.8, 4) is 0 Å². The number of nitrogen functional groups attached to an aromatic ring is 1. The third kappa shape index (κ3) is 3.89. The van der Waals surface area contributed by atoms with E-state index in [-0.39, 0.29) is 5.41 Å². The van der Waals surface area contributed by atoms with E-state index >= 15 is 0 Å². The minimum Gasteiger partial charge on any atom is -0.383 e. The van der Waals surface area contributed by atoms with Crippen LogP contribution in [0.4, 0.5) is 5.82 Å². The number of unbranched alkanes of at least 4 members (excludes halogenated alkanes) is 1. The smallest absolute Gasteiger partial charge is 0.222 e. The number of anilines is 1. The maximum Gasteiger partial charge on any atom is 0.222 e. The molecule has 1 aromatic heterocycles. The Kier molecular flexibility index (Phi) is 5.39. The third-order valence-corrected chi connectivity index (χ3v) is 5.59. The summed E-state index contributed by atoms with van der Waals surface area (Å²) in [5.74, 6) is 0.989. The molecule has 5 heteroatoms. The van der Waals surface area contributed by atoms with Gasteiger partial charge in [-0.15, -0.1) is 0 Å². The van der Waals surface area contributed by atoms with Gasteiger partial charge in [-0.05, 0) is 38.3 Å². The highest BCUT2D eigenvalue weighted by Crippen LogP contribution is 2.39. The van der Waals surface area contributed by atoms with E-state index in [2.05, 4.69) is 27.8 Å². The predicted molar refractivity (Wildman–Crippen MR) is 96.3 cm³/mol. The van der Waals surface area contributed by atoms with E-state index in [4.69, 9.17) is 5.73 Å². The molecule has 3 heterocycles. The molecular formula is C19H30N4O. The molecule has 2 N–H and O–H groups in total. The van der Waals surface area contributed by atoms with Crippen LogP contribution in [0.1, 0.15) is 51.0 Å². The molecule has 24 heavy (non-hydrogen) atoms. The molecule has 2 aliphatic rings. The van der Waals surface area contributed by atoms with Crippen molar-refractivity contribution in [3.63, 3.8) is 0 Å². The Morgan fingerprint density at radius 3 is 3.00 bits per heavy atom. The number of piperidine rings is 2. The summed E-state index contributed by atoms with van der Waals surface area (Å²) >= 11 is 0. The van der Waals surface area contributed by atoms with Gasteiger partial charge in [0.15, 0.2) is 0 Å². The monoisotopic (exact) mass is 330 g/mol. The van der Waals surface area contributed by atoms with E-state index in [9.17, 15) is 4.79 Å². The van der Waals surface area contributed by atoms with Crippen molar-refractivity contribution in [1.82, 2.24) is 14.8 Å². The highest BCUT2D eigenvalue weighted by Gasteiger charge is 2.41. The molecule has 2 fully saturated rings.